The minimum Gasteiger partial charge on any atom is -0.496 e. The number of hydrogen-bond acceptors (Lipinski definition) is 4. The van der Waals surface area contributed by atoms with E-state index in [-0.39, 0.29) is 24.1 Å². The second-order valence-electron chi connectivity index (χ2n) is 9.31. The Labute approximate surface area is 212 Å². The molecule has 34 heavy (non-hydrogen) atoms. The van der Waals surface area contributed by atoms with Crippen molar-refractivity contribution in [3.05, 3.63) is 68.3 Å². The monoisotopic (exact) mass is 498 g/mol. The largest absolute Gasteiger partial charge is 0.496 e. The van der Waals surface area contributed by atoms with Gasteiger partial charge in [0.15, 0.2) is 0 Å². The van der Waals surface area contributed by atoms with Gasteiger partial charge in [-0.25, -0.2) is 9.37 Å². The summed E-state index contributed by atoms with van der Waals surface area (Å²) in [4.78, 5) is 6.07. The molecule has 3 nitrogen and oxygen atoms in total. The third-order valence-electron chi connectivity index (χ3n) is 6.80. The number of nitrogens with two attached hydrogens (primary N) is 1. The van der Waals surface area contributed by atoms with Crippen molar-refractivity contribution in [2.75, 3.05) is 7.11 Å². The Hall–Kier alpha value is -2.39. The van der Waals surface area contributed by atoms with Gasteiger partial charge in [0.1, 0.15) is 22.1 Å². The number of nitrogens with zero attached hydrogens (tertiary/aromatic N) is 1. The summed E-state index contributed by atoms with van der Waals surface area (Å²) >= 11 is 1.54. The van der Waals surface area contributed by atoms with E-state index in [0.29, 0.717) is 16.5 Å². The van der Waals surface area contributed by atoms with Crippen LogP contribution in [-0.4, -0.2) is 12.1 Å². The molecule has 0 amide bonds. The average Bonchev–Trinajstić information content (AvgIpc) is 3.54. The Balaban J connectivity index is 0.00000324. The van der Waals surface area contributed by atoms with Crippen molar-refractivity contribution in [2.45, 2.75) is 58.4 Å². The number of terminal acetylenes is 1. The Morgan fingerprint density at radius 2 is 1.88 bits per heavy atom. The molecule has 1 fully saturated rings. The highest BCUT2D eigenvalue weighted by Gasteiger charge is 2.42. The third kappa shape index (κ3) is 4.86. The molecule has 4 rings (SSSR count). The number of benzene rings is 2. The first-order chi connectivity index (χ1) is 15.7. The second kappa shape index (κ2) is 10.1. The van der Waals surface area contributed by atoms with Gasteiger partial charge in [-0.3, -0.25) is 0 Å². The fraction of sp³-hybridized carbons (Fsp3) is 0.393. The van der Waals surface area contributed by atoms with E-state index >= 15 is 0 Å². The minimum absolute atomic E-state index is 0. The lowest BCUT2D eigenvalue weighted by atomic mass is 9.77. The second-order valence-corrected chi connectivity index (χ2v) is 10.5. The van der Waals surface area contributed by atoms with Gasteiger partial charge in [0.25, 0.3) is 0 Å². The number of hydrogen-bond donors (Lipinski definition) is 1. The van der Waals surface area contributed by atoms with Gasteiger partial charge >= 0.3 is 0 Å². The molecule has 2 N–H and O–H groups in total. The summed E-state index contributed by atoms with van der Waals surface area (Å²) in [5.41, 5.74) is 11.4. The highest BCUT2D eigenvalue weighted by molar-refractivity contribution is 7.12. The molecule has 0 bridgehead atoms. The minimum atomic E-state index is -1.12. The van der Waals surface area contributed by atoms with Crippen molar-refractivity contribution in [3.63, 3.8) is 0 Å². The number of aromatic nitrogens is 1. The summed E-state index contributed by atoms with van der Waals surface area (Å²) in [5.74, 6) is 3.87. The Morgan fingerprint density at radius 3 is 2.47 bits per heavy atom. The molecule has 1 heterocycles. The molecule has 1 aliphatic rings. The van der Waals surface area contributed by atoms with E-state index in [0.717, 1.165) is 57.8 Å². The molecular formula is C28H32ClFN2OS. The first-order valence-corrected chi connectivity index (χ1v) is 12.2. The predicted octanol–water partition coefficient (Wildman–Crippen LogP) is 6.98. The van der Waals surface area contributed by atoms with Crippen molar-refractivity contribution < 1.29 is 9.13 Å². The van der Waals surface area contributed by atoms with E-state index in [1.165, 1.54) is 11.3 Å². The Morgan fingerprint density at radius 1 is 1.18 bits per heavy atom. The van der Waals surface area contributed by atoms with Crippen LogP contribution in [0.5, 0.6) is 5.75 Å². The first kappa shape index (κ1) is 26.2. The zero-order chi connectivity index (χ0) is 23.9. The number of thiazole rings is 1. The van der Waals surface area contributed by atoms with Gasteiger partial charge < -0.3 is 10.5 Å². The van der Waals surface area contributed by atoms with Crippen LogP contribution < -0.4 is 10.5 Å². The molecule has 0 spiro atoms. The van der Waals surface area contributed by atoms with Crippen LogP contribution in [0.3, 0.4) is 0 Å². The van der Waals surface area contributed by atoms with Crippen molar-refractivity contribution in [2.24, 2.45) is 11.7 Å². The molecule has 180 valence electrons. The van der Waals surface area contributed by atoms with E-state index in [4.69, 9.17) is 21.9 Å². The van der Waals surface area contributed by atoms with Gasteiger partial charge in [-0.15, -0.1) is 30.2 Å². The molecular weight excluding hydrogens is 467 g/mol. The summed E-state index contributed by atoms with van der Waals surface area (Å²) in [6.07, 6.45) is 9.27. The molecule has 1 aliphatic carbocycles. The van der Waals surface area contributed by atoms with Gasteiger partial charge in [0, 0.05) is 16.4 Å². The maximum absolute atomic E-state index is 14.5. The highest BCUT2D eigenvalue weighted by Crippen LogP contribution is 2.47. The van der Waals surface area contributed by atoms with E-state index < -0.39 is 5.54 Å². The fourth-order valence-corrected chi connectivity index (χ4v) is 5.55. The van der Waals surface area contributed by atoms with Crippen molar-refractivity contribution in [1.29, 1.82) is 0 Å². The van der Waals surface area contributed by atoms with Gasteiger partial charge in [-0.1, -0.05) is 30.9 Å². The number of methoxy groups -OCH3 is 1. The van der Waals surface area contributed by atoms with Crippen molar-refractivity contribution in [1.82, 2.24) is 4.98 Å². The van der Waals surface area contributed by atoms with Crippen molar-refractivity contribution >= 4 is 23.7 Å². The van der Waals surface area contributed by atoms with Crippen LogP contribution in [-0.2, 0) is 5.54 Å². The smallest absolute Gasteiger partial charge is 0.136 e. The maximum Gasteiger partial charge on any atom is 0.136 e. The molecule has 0 aliphatic heterocycles. The Bertz CT molecular complexity index is 1240. The highest BCUT2D eigenvalue weighted by atomic mass is 35.5. The fourth-order valence-electron chi connectivity index (χ4n) is 4.50. The zero-order valence-electron chi connectivity index (χ0n) is 20.4. The summed E-state index contributed by atoms with van der Waals surface area (Å²) in [6, 6.07) is 9.50. The molecule has 1 unspecified atom stereocenters. The van der Waals surface area contributed by atoms with E-state index in [1.807, 2.05) is 32.0 Å². The molecule has 2 atom stereocenters. The van der Waals surface area contributed by atoms with Crippen LogP contribution in [0.4, 0.5) is 4.39 Å². The van der Waals surface area contributed by atoms with E-state index in [1.54, 1.807) is 20.1 Å². The van der Waals surface area contributed by atoms with E-state index in [2.05, 4.69) is 18.9 Å². The van der Waals surface area contributed by atoms with Crippen LogP contribution in [0.2, 0.25) is 0 Å². The molecule has 1 saturated carbocycles. The number of halogens is 2. The van der Waals surface area contributed by atoms with Gasteiger partial charge in [0.2, 0.25) is 0 Å². The van der Waals surface area contributed by atoms with Crippen LogP contribution in [0.15, 0.2) is 30.3 Å². The first-order valence-electron chi connectivity index (χ1n) is 11.3. The lowest BCUT2D eigenvalue weighted by molar-refractivity contribution is 0.408. The number of rotatable bonds is 7. The van der Waals surface area contributed by atoms with Crippen molar-refractivity contribution in [3.8, 4) is 29.4 Å². The molecule has 6 heteroatoms. The summed E-state index contributed by atoms with van der Waals surface area (Å²) < 4.78 is 20.0. The summed E-state index contributed by atoms with van der Waals surface area (Å²) in [7, 11) is 1.68. The number of ether oxygens (including phenoxy) is 1. The third-order valence-corrected chi connectivity index (χ3v) is 7.92. The lowest BCUT2D eigenvalue weighted by Gasteiger charge is -2.32. The number of aryl methyl sites for hydroxylation is 4. The van der Waals surface area contributed by atoms with Crippen LogP contribution >= 0.6 is 23.7 Å². The van der Waals surface area contributed by atoms with Crippen LogP contribution in [0.25, 0.3) is 11.3 Å². The topological polar surface area (TPSA) is 48.1 Å². The SMILES string of the molecule is C#CC(N)(c1nc(-c2cc(C)c(OC)cc2C)c(C)s1)[C@@H](CC1CC1)c1ccc(C)c(F)c1.Cl. The molecule has 1 aromatic heterocycles. The summed E-state index contributed by atoms with van der Waals surface area (Å²) in [6.45, 7) is 7.89. The van der Waals surface area contributed by atoms with Gasteiger partial charge in [-0.05, 0) is 80.5 Å². The van der Waals surface area contributed by atoms with Crippen LogP contribution in [0, 0.1) is 51.8 Å². The molecule has 0 radical (unpaired) electrons. The predicted molar refractivity (Wildman–Crippen MR) is 141 cm³/mol. The summed E-state index contributed by atoms with van der Waals surface area (Å²) in [5, 5.41) is 0.706. The standard InChI is InChI=1S/C28H31FN2OS.ClH/c1-7-28(30,23(14-20-9-10-20)21-11-8-16(2)24(29)15-21)27-31-26(19(5)33-27)22-12-18(4)25(32-6)13-17(22)3;/h1,8,11-13,15,20,23H,9-10,14,30H2,2-6H3;1H/t23-,28?;/m0./s1. The van der Waals surface area contributed by atoms with Gasteiger partial charge in [-0.2, -0.15) is 0 Å². The van der Waals surface area contributed by atoms with E-state index in [9.17, 15) is 4.39 Å². The maximum atomic E-state index is 14.5. The average molecular weight is 499 g/mol. The molecule has 0 saturated heterocycles. The van der Waals surface area contributed by atoms with Crippen LogP contribution in [0.1, 0.15) is 57.3 Å². The normalized spacial score (nSPS) is 15.7. The molecule has 2 aromatic carbocycles. The Kier molecular flexibility index (Phi) is 7.77. The quantitative estimate of drug-likeness (QED) is 0.357. The lowest BCUT2D eigenvalue weighted by Crippen LogP contribution is -2.42. The zero-order valence-corrected chi connectivity index (χ0v) is 22.0. The van der Waals surface area contributed by atoms with Gasteiger partial charge in [0.05, 0.1) is 12.8 Å². The molecule has 3 aromatic rings.